The van der Waals surface area contributed by atoms with Crippen LogP contribution < -0.4 is 5.32 Å². The smallest absolute Gasteiger partial charge is 0.409 e. The molecule has 1 atom stereocenters. The van der Waals surface area contributed by atoms with Gasteiger partial charge in [-0.05, 0) is 26.7 Å². The predicted octanol–water partition coefficient (Wildman–Crippen LogP) is 1.35. The summed E-state index contributed by atoms with van der Waals surface area (Å²) in [6.07, 6.45) is 1.21. The van der Waals surface area contributed by atoms with Crippen LogP contribution in [-0.2, 0) is 9.53 Å². The third kappa shape index (κ3) is 4.42. The molecule has 1 fully saturated rings. The van der Waals surface area contributed by atoms with Crippen molar-refractivity contribution in [1.82, 2.24) is 10.2 Å². The maximum absolute atomic E-state index is 11.4. The molecule has 0 radical (unpaired) electrons. The topological polar surface area (TPSA) is 58.6 Å². The number of likely N-dealkylation sites (tertiary alicyclic amines) is 1. The Labute approximate surface area is 106 Å². The van der Waals surface area contributed by atoms with Crippen LogP contribution in [0.3, 0.4) is 0 Å². The number of rotatable bonds is 3. The average molecular weight is 263 g/mol. The summed E-state index contributed by atoms with van der Waals surface area (Å²) in [6, 6.07) is 0.106. The van der Waals surface area contributed by atoms with Crippen molar-refractivity contribution in [1.29, 1.82) is 0 Å². The van der Waals surface area contributed by atoms with Gasteiger partial charge < -0.3 is 15.0 Å². The van der Waals surface area contributed by atoms with Crippen LogP contribution in [0.15, 0.2) is 0 Å². The van der Waals surface area contributed by atoms with Crippen LogP contribution in [0.5, 0.6) is 0 Å². The van der Waals surface area contributed by atoms with Gasteiger partial charge in [0, 0.05) is 19.1 Å². The lowest BCUT2D eigenvalue weighted by Crippen LogP contribution is -2.47. The number of carbonyl (C=O) groups excluding carboxylic acids is 2. The largest absolute Gasteiger partial charge is 0.450 e. The molecule has 1 aliphatic heterocycles. The molecule has 1 rings (SSSR count). The molecule has 0 aliphatic carbocycles. The molecular weight excluding hydrogens is 244 g/mol. The third-order valence-corrected chi connectivity index (χ3v) is 2.93. The Morgan fingerprint density at radius 2 is 2.06 bits per heavy atom. The van der Waals surface area contributed by atoms with Crippen LogP contribution in [0.4, 0.5) is 4.79 Å². The van der Waals surface area contributed by atoms with Crippen LogP contribution in [0, 0.1) is 0 Å². The van der Waals surface area contributed by atoms with E-state index in [1.807, 2.05) is 0 Å². The van der Waals surface area contributed by atoms with E-state index in [9.17, 15) is 9.59 Å². The molecule has 2 amide bonds. The van der Waals surface area contributed by atoms with Gasteiger partial charge in [0.05, 0.1) is 6.61 Å². The number of alkyl halides is 1. The van der Waals surface area contributed by atoms with Crippen molar-refractivity contribution >= 4 is 23.6 Å². The molecule has 1 N–H and O–H groups in total. The first-order chi connectivity index (χ1) is 8.04. The number of halogens is 1. The molecular formula is C11H19ClN2O3. The van der Waals surface area contributed by atoms with E-state index in [-0.39, 0.29) is 18.0 Å². The van der Waals surface area contributed by atoms with E-state index in [0.717, 1.165) is 12.8 Å². The number of carbonyl (C=O) groups is 2. The zero-order valence-electron chi connectivity index (χ0n) is 10.2. The van der Waals surface area contributed by atoms with Crippen molar-refractivity contribution in [3.8, 4) is 0 Å². The van der Waals surface area contributed by atoms with Crippen LogP contribution in [-0.4, -0.2) is 48.0 Å². The van der Waals surface area contributed by atoms with E-state index in [2.05, 4.69) is 5.32 Å². The van der Waals surface area contributed by atoms with Gasteiger partial charge in [0.25, 0.3) is 0 Å². The maximum atomic E-state index is 11.4. The van der Waals surface area contributed by atoms with Crippen molar-refractivity contribution in [2.24, 2.45) is 0 Å². The summed E-state index contributed by atoms with van der Waals surface area (Å²) < 4.78 is 4.91. The Kier molecular flexibility index (Phi) is 5.55. The summed E-state index contributed by atoms with van der Waals surface area (Å²) in [5, 5.41) is 2.34. The second-order valence-corrected chi connectivity index (χ2v) is 4.74. The average Bonchev–Trinajstić information content (AvgIpc) is 2.30. The van der Waals surface area contributed by atoms with Gasteiger partial charge in [-0.1, -0.05) is 0 Å². The standard InChI is InChI=1S/C11H19ClN2O3/c1-3-17-11(16)14-6-4-9(5-7-14)13-10(15)8(2)12/h8-9H,3-7H2,1-2H3,(H,13,15). The van der Waals surface area contributed by atoms with Crippen LogP contribution >= 0.6 is 11.6 Å². The first kappa shape index (κ1) is 14.1. The number of hydrogen-bond acceptors (Lipinski definition) is 3. The molecule has 0 aromatic rings. The fourth-order valence-corrected chi connectivity index (χ4v) is 1.80. The Balaban J connectivity index is 2.31. The van der Waals surface area contributed by atoms with Crippen molar-refractivity contribution < 1.29 is 14.3 Å². The Hall–Kier alpha value is -0.970. The quantitative estimate of drug-likeness (QED) is 0.781. The molecule has 5 nitrogen and oxygen atoms in total. The second-order valence-electron chi connectivity index (χ2n) is 4.08. The Morgan fingerprint density at radius 1 is 1.47 bits per heavy atom. The summed E-state index contributed by atoms with van der Waals surface area (Å²) in [5.41, 5.74) is 0. The molecule has 1 saturated heterocycles. The van der Waals surface area contributed by atoms with E-state index < -0.39 is 5.38 Å². The van der Waals surface area contributed by atoms with Gasteiger partial charge in [-0.2, -0.15) is 0 Å². The number of hydrogen-bond donors (Lipinski definition) is 1. The molecule has 1 heterocycles. The zero-order valence-corrected chi connectivity index (χ0v) is 11.0. The molecule has 17 heavy (non-hydrogen) atoms. The van der Waals surface area contributed by atoms with Crippen molar-refractivity contribution in [2.75, 3.05) is 19.7 Å². The van der Waals surface area contributed by atoms with E-state index >= 15 is 0 Å². The second kappa shape index (κ2) is 6.69. The first-order valence-corrected chi connectivity index (χ1v) is 6.34. The summed E-state index contributed by atoms with van der Waals surface area (Å²) in [7, 11) is 0. The van der Waals surface area contributed by atoms with Gasteiger partial charge in [0.15, 0.2) is 0 Å². The molecule has 1 aliphatic rings. The van der Waals surface area contributed by atoms with Crippen molar-refractivity contribution in [3.05, 3.63) is 0 Å². The van der Waals surface area contributed by atoms with Crippen LogP contribution in [0.2, 0.25) is 0 Å². The maximum Gasteiger partial charge on any atom is 0.409 e. The highest BCUT2D eigenvalue weighted by Crippen LogP contribution is 2.12. The normalized spacial score (nSPS) is 18.6. The van der Waals surface area contributed by atoms with E-state index in [1.54, 1.807) is 18.7 Å². The summed E-state index contributed by atoms with van der Waals surface area (Å²) in [4.78, 5) is 24.5. The summed E-state index contributed by atoms with van der Waals surface area (Å²) in [5.74, 6) is -0.152. The highest BCUT2D eigenvalue weighted by Gasteiger charge is 2.25. The molecule has 0 bridgehead atoms. The van der Waals surface area contributed by atoms with E-state index in [0.29, 0.717) is 19.7 Å². The highest BCUT2D eigenvalue weighted by atomic mass is 35.5. The zero-order chi connectivity index (χ0) is 12.8. The highest BCUT2D eigenvalue weighted by molar-refractivity contribution is 6.30. The molecule has 0 aromatic carbocycles. The van der Waals surface area contributed by atoms with Gasteiger partial charge in [-0.3, -0.25) is 4.79 Å². The number of ether oxygens (including phenoxy) is 1. The van der Waals surface area contributed by atoms with Crippen LogP contribution in [0.25, 0.3) is 0 Å². The SMILES string of the molecule is CCOC(=O)N1CCC(NC(=O)C(C)Cl)CC1. The molecule has 0 saturated carbocycles. The third-order valence-electron chi connectivity index (χ3n) is 2.73. The van der Waals surface area contributed by atoms with E-state index in [4.69, 9.17) is 16.3 Å². The van der Waals surface area contributed by atoms with Gasteiger partial charge in [-0.15, -0.1) is 11.6 Å². The summed E-state index contributed by atoms with van der Waals surface area (Å²) >= 11 is 5.67. The minimum Gasteiger partial charge on any atom is -0.450 e. The molecule has 0 aromatic heterocycles. The van der Waals surface area contributed by atoms with Gasteiger partial charge in [-0.25, -0.2) is 4.79 Å². The van der Waals surface area contributed by atoms with Gasteiger partial charge >= 0.3 is 6.09 Å². The summed E-state index contributed by atoms with van der Waals surface area (Å²) in [6.45, 7) is 5.04. The molecule has 0 spiro atoms. The Bertz CT molecular complexity index is 276. The predicted molar refractivity (Wildman–Crippen MR) is 65.1 cm³/mol. The number of nitrogens with zero attached hydrogens (tertiary/aromatic N) is 1. The fourth-order valence-electron chi connectivity index (χ4n) is 1.74. The first-order valence-electron chi connectivity index (χ1n) is 5.90. The molecule has 1 unspecified atom stereocenters. The monoisotopic (exact) mass is 262 g/mol. The van der Waals surface area contributed by atoms with Gasteiger partial charge in [0.1, 0.15) is 5.38 Å². The minimum atomic E-state index is -0.516. The lowest BCUT2D eigenvalue weighted by molar-refractivity contribution is -0.121. The number of piperidine rings is 1. The lowest BCUT2D eigenvalue weighted by Gasteiger charge is -2.31. The minimum absolute atomic E-state index is 0.106. The molecule has 6 heteroatoms. The number of amides is 2. The van der Waals surface area contributed by atoms with E-state index in [1.165, 1.54) is 0 Å². The fraction of sp³-hybridized carbons (Fsp3) is 0.818. The molecule has 98 valence electrons. The van der Waals surface area contributed by atoms with Crippen molar-refractivity contribution in [2.45, 2.75) is 38.1 Å². The van der Waals surface area contributed by atoms with Crippen molar-refractivity contribution in [3.63, 3.8) is 0 Å². The Morgan fingerprint density at radius 3 is 2.53 bits per heavy atom. The number of nitrogens with one attached hydrogen (secondary N) is 1. The lowest BCUT2D eigenvalue weighted by atomic mass is 10.1. The van der Waals surface area contributed by atoms with Crippen LogP contribution in [0.1, 0.15) is 26.7 Å². The van der Waals surface area contributed by atoms with Gasteiger partial charge in [0.2, 0.25) is 5.91 Å².